The minimum Gasteiger partial charge on any atom is -0.388 e. The SMILES string of the molecule is CCCn1ncnc1CC(O)c1ccc(C)c(Cl)c1. The van der Waals surface area contributed by atoms with Gasteiger partial charge in [0.05, 0.1) is 6.10 Å². The normalized spacial score (nSPS) is 12.6. The van der Waals surface area contributed by atoms with E-state index in [0.29, 0.717) is 11.4 Å². The number of benzene rings is 1. The molecule has 0 saturated heterocycles. The Hall–Kier alpha value is -1.39. The number of nitrogens with zero attached hydrogens (tertiary/aromatic N) is 3. The van der Waals surface area contributed by atoms with Gasteiger partial charge in [-0.25, -0.2) is 4.98 Å². The van der Waals surface area contributed by atoms with Gasteiger partial charge in [0.2, 0.25) is 0 Å². The molecule has 0 spiro atoms. The fourth-order valence-corrected chi connectivity index (χ4v) is 2.14. The van der Waals surface area contributed by atoms with E-state index in [-0.39, 0.29) is 0 Å². The Kier molecular flexibility index (Phi) is 4.56. The number of hydrogen-bond acceptors (Lipinski definition) is 3. The van der Waals surface area contributed by atoms with E-state index in [9.17, 15) is 5.11 Å². The molecule has 1 aromatic heterocycles. The molecular formula is C14H18ClN3O. The second kappa shape index (κ2) is 6.17. The molecule has 1 heterocycles. The first-order chi connectivity index (χ1) is 9.11. The molecule has 1 atom stereocenters. The summed E-state index contributed by atoms with van der Waals surface area (Å²) < 4.78 is 1.83. The number of aliphatic hydroxyl groups excluding tert-OH is 1. The van der Waals surface area contributed by atoms with E-state index in [0.717, 1.165) is 29.9 Å². The van der Waals surface area contributed by atoms with Gasteiger partial charge in [0, 0.05) is 18.0 Å². The summed E-state index contributed by atoms with van der Waals surface area (Å²) in [6, 6.07) is 5.62. The number of aryl methyl sites for hydroxylation is 2. The summed E-state index contributed by atoms with van der Waals surface area (Å²) in [6.45, 7) is 4.84. The first-order valence-electron chi connectivity index (χ1n) is 6.42. The second-order valence-electron chi connectivity index (χ2n) is 4.63. The Morgan fingerprint density at radius 1 is 1.42 bits per heavy atom. The first kappa shape index (κ1) is 14.0. The van der Waals surface area contributed by atoms with Gasteiger partial charge in [-0.15, -0.1) is 0 Å². The first-order valence-corrected chi connectivity index (χ1v) is 6.80. The second-order valence-corrected chi connectivity index (χ2v) is 5.04. The van der Waals surface area contributed by atoms with Crippen molar-refractivity contribution in [3.05, 3.63) is 46.5 Å². The van der Waals surface area contributed by atoms with Crippen molar-refractivity contribution in [1.29, 1.82) is 0 Å². The van der Waals surface area contributed by atoms with Gasteiger partial charge >= 0.3 is 0 Å². The van der Waals surface area contributed by atoms with Crippen LogP contribution in [0.2, 0.25) is 5.02 Å². The minimum absolute atomic E-state index is 0.444. The van der Waals surface area contributed by atoms with Crippen LogP contribution in [0.4, 0.5) is 0 Å². The van der Waals surface area contributed by atoms with Crippen LogP contribution in [0, 0.1) is 6.92 Å². The van der Waals surface area contributed by atoms with E-state index < -0.39 is 6.10 Å². The van der Waals surface area contributed by atoms with Crippen LogP contribution >= 0.6 is 11.6 Å². The van der Waals surface area contributed by atoms with Gasteiger partial charge in [-0.1, -0.05) is 30.7 Å². The van der Waals surface area contributed by atoms with E-state index in [1.165, 1.54) is 6.33 Å². The summed E-state index contributed by atoms with van der Waals surface area (Å²) in [5.41, 5.74) is 1.81. The van der Waals surface area contributed by atoms with E-state index in [1.807, 2.05) is 29.8 Å². The average molecular weight is 280 g/mol. The molecule has 0 aliphatic rings. The lowest BCUT2D eigenvalue weighted by molar-refractivity contribution is 0.174. The molecular weight excluding hydrogens is 262 g/mol. The summed E-state index contributed by atoms with van der Waals surface area (Å²) in [5, 5.41) is 15.1. The molecule has 1 unspecified atom stereocenters. The Balaban J connectivity index is 2.13. The Bertz CT molecular complexity index is 553. The molecule has 0 aliphatic heterocycles. The Morgan fingerprint density at radius 3 is 2.89 bits per heavy atom. The van der Waals surface area contributed by atoms with Crippen LogP contribution in [-0.2, 0) is 13.0 Å². The number of halogens is 1. The van der Waals surface area contributed by atoms with Crippen molar-refractivity contribution in [2.75, 3.05) is 0 Å². The van der Waals surface area contributed by atoms with Crippen LogP contribution in [0.15, 0.2) is 24.5 Å². The summed E-state index contributed by atoms with van der Waals surface area (Å²) in [4.78, 5) is 4.20. The molecule has 0 fully saturated rings. The van der Waals surface area contributed by atoms with Crippen LogP contribution in [0.5, 0.6) is 0 Å². The molecule has 1 aromatic carbocycles. The van der Waals surface area contributed by atoms with Crippen LogP contribution < -0.4 is 0 Å². The number of hydrogen-bond donors (Lipinski definition) is 1. The predicted octanol–water partition coefficient (Wildman–Crippen LogP) is 2.93. The molecule has 19 heavy (non-hydrogen) atoms. The fraction of sp³-hybridized carbons (Fsp3) is 0.429. The maximum atomic E-state index is 10.3. The molecule has 0 radical (unpaired) electrons. The summed E-state index contributed by atoms with van der Waals surface area (Å²) in [7, 11) is 0. The molecule has 0 aliphatic carbocycles. The highest BCUT2D eigenvalue weighted by atomic mass is 35.5. The van der Waals surface area contributed by atoms with E-state index in [2.05, 4.69) is 17.0 Å². The number of aromatic nitrogens is 3. The average Bonchev–Trinajstić information content (AvgIpc) is 2.80. The Morgan fingerprint density at radius 2 is 2.21 bits per heavy atom. The summed E-state index contributed by atoms with van der Waals surface area (Å²) in [5.74, 6) is 0.797. The highest BCUT2D eigenvalue weighted by molar-refractivity contribution is 6.31. The molecule has 0 bridgehead atoms. The molecule has 4 nitrogen and oxygen atoms in total. The van der Waals surface area contributed by atoms with Crippen molar-refractivity contribution in [2.45, 2.75) is 39.3 Å². The maximum absolute atomic E-state index is 10.3. The predicted molar refractivity (Wildman–Crippen MR) is 75.2 cm³/mol. The van der Waals surface area contributed by atoms with Crippen molar-refractivity contribution in [3.8, 4) is 0 Å². The lowest BCUT2D eigenvalue weighted by atomic mass is 10.0. The summed E-state index contributed by atoms with van der Waals surface area (Å²) in [6.07, 6.45) is 2.35. The van der Waals surface area contributed by atoms with Crippen molar-refractivity contribution >= 4 is 11.6 Å². The summed E-state index contributed by atoms with van der Waals surface area (Å²) >= 11 is 6.08. The van der Waals surface area contributed by atoms with Crippen LogP contribution in [0.1, 0.15) is 36.4 Å². The van der Waals surface area contributed by atoms with E-state index >= 15 is 0 Å². The standard InChI is InChI=1S/C14H18ClN3O/c1-3-6-18-14(16-9-17-18)8-13(19)11-5-4-10(2)12(15)7-11/h4-5,7,9,13,19H,3,6,8H2,1-2H3. The lowest BCUT2D eigenvalue weighted by Crippen LogP contribution is -2.10. The highest BCUT2D eigenvalue weighted by Crippen LogP contribution is 2.23. The largest absolute Gasteiger partial charge is 0.388 e. The van der Waals surface area contributed by atoms with E-state index in [1.54, 1.807) is 0 Å². The van der Waals surface area contributed by atoms with Crippen LogP contribution in [-0.4, -0.2) is 19.9 Å². The molecule has 5 heteroatoms. The smallest absolute Gasteiger partial charge is 0.138 e. The molecule has 1 N–H and O–H groups in total. The monoisotopic (exact) mass is 279 g/mol. The van der Waals surface area contributed by atoms with Gasteiger partial charge in [0.25, 0.3) is 0 Å². The van der Waals surface area contributed by atoms with Crippen molar-refractivity contribution in [3.63, 3.8) is 0 Å². The maximum Gasteiger partial charge on any atom is 0.138 e. The zero-order valence-corrected chi connectivity index (χ0v) is 11.9. The quantitative estimate of drug-likeness (QED) is 0.915. The van der Waals surface area contributed by atoms with Gasteiger partial charge in [-0.2, -0.15) is 5.10 Å². The number of rotatable bonds is 5. The van der Waals surface area contributed by atoms with Gasteiger partial charge in [-0.3, -0.25) is 4.68 Å². The zero-order valence-electron chi connectivity index (χ0n) is 11.2. The van der Waals surface area contributed by atoms with Gasteiger partial charge in [-0.05, 0) is 30.5 Å². The molecule has 2 aromatic rings. The van der Waals surface area contributed by atoms with Gasteiger partial charge in [0.1, 0.15) is 12.2 Å². The highest BCUT2D eigenvalue weighted by Gasteiger charge is 2.13. The van der Waals surface area contributed by atoms with E-state index in [4.69, 9.17) is 11.6 Å². The topological polar surface area (TPSA) is 50.9 Å². The third-order valence-corrected chi connectivity index (χ3v) is 3.49. The van der Waals surface area contributed by atoms with Gasteiger partial charge in [0.15, 0.2) is 0 Å². The molecule has 102 valence electrons. The van der Waals surface area contributed by atoms with Gasteiger partial charge < -0.3 is 5.11 Å². The molecule has 2 rings (SSSR count). The molecule has 0 amide bonds. The fourth-order valence-electron chi connectivity index (χ4n) is 1.95. The number of aliphatic hydroxyl groups is 1. The minimum atomic E-state index is -0.613. The zero-order chi connectivity index (χ0) is 13.8. The van der Waals surface area contributed by atoms with Crippen LogP contribution in [0.25, 0.3) is 0 Å². The third kappa shape index (κ3) is 3.33. The van der Waals surface area contributed by atoms with Crippen molar-refractivity contribution < 1.29 is 5.11 Å². The van der Waals surface area contributed by atoms with Crippen molar-refractivity contribution in [2.24, 2.45) is 0 Å². The van der Waals surface area contributed by atoms with Crippen LogP contribution in [0.3, 0.4) is 0 Å². The lowest BCUT2D eigenvalue weighted by Gasteiger charge is -2.12. The molecule has 0 saturated carbocycles. The Labute approximate surface area is 118 Å². The van der Waals surface area contributed by atoms with Crippen molar-refractivity contribution in [1.82, 2.24) is 14.8 Å². The third-order valence-electron chi connectivity index (χ3n) is 3.09.